The summed E-state index contributed by atoms with van der Waals surface area (Å²) in [4.78, 5) is 37.3. The average molecular weight is 694 g/mol. The molecule has 0 bridgehead atoms. The zero-order valence-corrected chi connectivity index (χ0v) is 28.0. The van der Waals surface area contributed by atoms with Gasteiger partial charge >= 0.3 is 6.36 Å². The van der Waals surface area contributed by atoms with Gasteiger partial charge in [-0.05, 0) is 75.8 Å². The molecule has 252 valence electrons. The molecule has 15 heteroatoms. The fourth-order valence-corrected chi connectivity index (χ4v) is 5.17. The number of carbonyl (C=O) groups is 2. The highest BCUT2D eigenvalue weighted by molar-refractivity contribution is 7.79. The molecule has 1 aliphatic carbocycles. The lowest BCUT2D eigenvalue weighted by atomic mass is 9.99. The number of hydrogen-bond donors (Lipinski definition) is 3. The number of benzene rings is 2. The van der Waals surface area contributed by atoms with Crippen LogP contribution in [-0.4, -0.2) is 54.4 Å². The molecular formula is C32H35ClF3N5O5S. The Labute approximate surface area is 280 Å². The summed E-state index contributed by atoms with van der Waals surface area (Å²) >= 11 is 9.62. The van der Waals surface area contributed by atoms with E-state index in [1.165, 1.54) is 44.2 Å². The number of thiol groups is 1. The molecule has 1 spiro atoms. The van der Waals surface area contributed by atoms with Crippen molar-refractivity contribution < 1.29 is 37.1 Å². The van der Waals surface area contributed by atoms with Crippen molar-refractivity contribution in [3.63, 3.8) is 0 Å². The summed E-state index contributed by atoms with van der Waals surface area (Å²) in [5, 5.41) is 7.65. The van der Waals surface area contributed by atoms with Gasteiger partial charge in [0.2, 0.25) is 5.60 Å². The number of primary amides is 1. The van der Waals surface area contributed by atoms with E-state index in [0.29, 0.717) is 45.7 Å². The number of oxime groups is 1. The van der Waals surface area contributed by atoms with Gasteiger partial charge in [0.05, 0.1) is 29.2 Å². The van der Waals surface area contributed by atoms with Gasteiger partial charge in [-0.2, -0.15) is 12.6 Å². The van der Waals surface area contributed by atoms with E-state index < -0.39 is 35.6 Å². The molecular weight excluding hydrogens is 659 g/mol. The first-order valence-corrected chi connectivity index (χ1v) is 15.6. The number of pyridine rings is 1. The number of halogens is 4. The zero-order valence-electron chi connectivity index (χ0n) is 26.3. The SMILES string of the molecule is COc1cc(NC(C(=O)N2CC3(CC3)c3ccc(OC(F)(F)F)cc32)c2ccc(Cl)cn2)cc(/C(C)=N/OC(C)(C)C(N)=O)c1.CS. The van der Waals surface area contributed by atoms with E-state index in [0.717, 1.165) is 18.4 Å². The van der Waals surface area contributed by atoms with Crippen LogP contribution in [0.3, 0.4) is 0 Å². The molecule has 10 nitrogen and oxygen atoms in total. The molecule has 47 heavy (non-hydrogen) atoms. The first-order chi connectivity index (χ1) is 22.1. The quantitative estimate of drug-likeness (QED) is 0.127. The number of alkyl halides is 3. The van der Waals surface area contributed by atoms with E-state index in [1.807, 2.05) is 0 Å². The summed E-state index contributed by atoms with van der Waals surface area (Å²) in [5.74, 6) is -1.14. The molecule has 2 aromatic carbocycles. The smallest absolute Gasteiger partial charge is 0.497 e. The molecule has 2 aliphatic rings. The van der Waals surface area contributed by atoms with Gasteiger partial charge in [0, 0.05) is 41.5 Å². The summed E-state index contributed by atoms with van der Waals surface area (Å²) < 4.78 is 48.8. The van der Waals surface area contributed by atoms with Crippen LogP contribution in [0.1, 0.15) is 56.5 Å². The van der Waals surface area contributed by atoms with Crippen LogP contribution < -0.4 is 25.4 Å². The standard InChI is InChI=1S/C31H31ClF3N5O5.CH4S/c1-17(39-45-29(2,3)28(36)42)18-11-20(13-22(12-18)43-4)38-26(24-8-5-19(32)15-37-24)27(41)40-16-30(9-10-30)23-7-6-21(14-25(23)40)44-31(33,34)35;1-2/h5-8,11-15,26,38H,9-10,16H2,1-4H3,(H2,36,42);2H,1H3/b39-17+;. The Balaban J connectivity index is 0.00000245. The molecule has 1 unspecified atom stereocenters. The Morgan fingerprint density at radius 1 is 1.11 bits per heavy atom. The Bertz CT molecular complexity index is 1670. The second-order valence-electron chi connectivity index (χ2n) is 11.5. The Morgan fingerprint density at radius 3 is 2.38 bits per heavy atom. The molecule has 1 fully saturated rings. The highest BCUT2D eigenvalue weighted by Crippen LogP contribution is 2.57. The van der Waals surface area contributed by atoms with Crippen molar-refractivity contribution in [1.82, 2.24) is 4.98 Å². The van der Waals surface area contributed by atoms with E-state index in [9.17, 15) is 22.8 Å². The van der Waals surface area contributed by atoms with Crippen LogP contribution >= 0.6 is 24.2 Å². The minimum absolute atomic E-state index is 0.296. The molecule has 1 saturated carbocycles. The van der Waals surface area contributed by atoms with Gasteiger partial charge in [-0.25, -0.2) is 0 Å². The molecule has 2 heterocycles. The maximum Gasteiger partial charge on any atom is 0.573 e. The van der Waals surface area contributed by atoms with Gasteiger partial charge in [-0.15, -0.1) is 13.2 Å². The summed E-state index contributed by atoms with van der Waals surface area (Å²) in [6.07, 6.45) is -0.192. The van der Waals surface area contributed by atoms with Crippen molar-refractivity contribution >= 4 is 53.1 Å². The van der Waals surface area contributed by atoms with E-state index in [-0.39, 0.29) is 5.41 Å². The summed E-state index contributed by atoms with van der Waals surface area (Å²) in [7, 11) is 1.47. The van der Waals surface area contributed by atoms with Crippen LogP contribution in [0.4, 0.5) is 24.5 Å². The van der Waals surface area contributed by atoms with Crippen molar-refractivity contribution in [3.8, 4) is 11.5 Å². The fraction of sp³-hybridized carbons (Fsp3) is 0.375. The van der Waals surface area contributed by atoms with Gasteiger partial charge in [0.25, 0.3) is 11.8 Å². The number of hydrogen-bond acceptors (Lipinski definition) is 9. The molecule has 1 aromatic heterocycles. The lowest BCUT2D eigenvalue weighted by Gasteiger charge is -2.26. The first kappa shape index (κ1) is 35.7. The van der Waals surface area contributed by atoms with Crippen molar-refractivity contribution in [1.29, 1.82) is 0 Å². The van der Waals surface area contributed by atoms with Crippen molar-refractivity contribution in [3.05, 3.63) is 76.6 Å². The number of carbonyl (C=O) groups excluding carboxylic acids is 2. The van der Waals surface area contributed by atoms with Crippen molar-refractivity contribution in [2.24, 2.45) is 10.9 Å². The maximum absolute atomic E-state index is 14.4. The van der Waals surface area contributed by atoms with E-state index in [1.54, 1.807) is 49.6 Å². The molecule has 1 aliphatic heterocycles. The average Bonchev–Trinajstić information content (AvgIpc) is 3.74. The summed E-state index contributed by atoms with van der Waals surface area (Å²) in [5.41, 5.74) is 6.55. The molecule has 0 saturated heterocycles. The normalized spacial score (nSPS) is 15.6. The van der Waals surface area contributed by atoms with Gasteiger partial charge in [-0.3, -0.25) is 14.6 Å². The van der Waals surface area contributed by atoms with Crippen LogP contribution in [0.2, 0.25) is 5.02 Å². The minimum atomic E-state index is -4.89. The number of nitrogens with two attached hydrogens (primary N) is 1. The number of methoxy groups -OCH3 is 1. The minimum Gasteiger partial charge on any atom is -0.497 e. The third-order valence-electron chi connectivity index (χ3n) is 7.81. The summed E-state index contributed by atoms with van der Waals surface area (Å²) in [6.45, 7) is 4.93. The number of nitrogens with one attached hydrogen (secondary N) is 1. The number of aromatic nitrogens is 1. The number of amides is 2. The summed E-state index contributed by atoms with van der Waals surface area (Å²) in [6, 6.07) is 11.3. The Kier molecular flexibility index (Phi) is 10.6. The lowest BCUT2D eigenvalue weighted by molar-refractivity contribution is -0.274. The molecule has 1 atom stereocenters. The van der Waals surface area contributed by atoms with Gasteiger partial charge in [0.1, 0.15) is 17.5 Å². The van der Waals surface area contributed by atoms with Crippen LogP contribution in [0.5, 0.6) is 11.5 Å². The zero-order chi connectivity index (χ0) is 34.7. The van der Waals surface area contributed by atoms with E-state index >= 15 is 0 Å². The fourth-order valence-electron chi connectivity index (χ4n) is 5.06. The first-order valence-electron chi connectivity index (χ1n) is 14.4. The topological polar surface area (TPSA) is 128 Å². The van der Waals surface area contributed by atoms with E-state index in [2.05, 4.69) is 32.8 Å². The molecule has 2 amide bonds. The number of nitrogens with zero attached hydrogens (tertiary/aromatic N) is 3. The molecule has 0 radical (unpaired) electrons. The number of ether oxygens (including phenoxy) is 2. The predicted octanol–water partition coefficient (Wildman–Crippen LogP) is 6.42. The van der Waals surface area contributed by atoms with Crippen LogP contribution in [0.25, 0.3) is 0 Å². The van der Waals surface area contributed by atoms with Crippen LogP contribution in [0.15, 0.2) is 59.9 Å². The van der Waals surface area contributed by atoms with Gasteiger partial charge < -0.3 is 30.3 Å². The van der Waals surface area contributed by atoms with Gasteiger partial charge in [-0.1, -0.05) is 22.8 Å². The number of fused-ring (bicyclic) bond motifs is 2. The highest BCUT2D eigenvalue weighted by Gasteiger charge is 2.54. The second-order valence-corrected chi connectivity index (χ2v) is 11.9. The van der Waals surface area contributed by atoms with Crippen LogP contribution in [0, 0.1) is 0 Å². The second kappa shape index (κ2) is 13.9. The van der Waals surface area contributed by atoms with E-state index in [4.69, 9.17) is 26.9 Å². The number of rotatable bonds is 10. The monoisotopic (exact) mass is 693 g/mol. The largest absolute Gasteiger partial charge is 0.573 e. The van der Waals surface area contributed by atoms with Gasteiger partial charge in [0.15, 0.2) is 0 Å². The molecule has 3 aromatic rings. The molecule has 5 rings (SSSR count). The maximum atomic E-state index is 14.4. The lowest BCUT2D eigenvalue weighted by Crippen LogP contribution is -2.39. The highest BCUT2D eigenvalue weighted by atomic mass is 35.5. The van der Waals surface area contributed by atoms with Crippen LogP contribution in [-0.2, 0) is 19.8 Å². The third-order valence-corrected chi connectivity index (χ3v) is 8.04. The Hall–Kier alpha value is -4.17. The number of anilines is 2. The van der Waals surface area contributed by atoms with Crippen molar-refractivity contribution in [2.45, 2.75) is 57.0 Å². The predicted molar refractivity (Wildman–Crippen MR) is 176 cm³/mol. The van der Waals surface area contributed by atoms with Crippen molar-refractivity contribution in [2.75, 3.05) is 30.1 Å². The Morgan fingerprint density at radius 2 is 1.81 bits per heavy atom. The molecule has 3 N–H and O–H groups in total. The third kappa shape index (κ3) is 8.22.